The number of aliphatic imine (C=N–C) groups is 1. The predicted octanol–water partition coefficient (Wildman–Crippen LogP) is 5.17. The SMILES string of the molecule is C=C(/N=C1\C(=C/C)C=C(c2ccc(-c3noc(C)n3)cc2Cl)C(=O)N1CC)N[C@@H]1COC[C@@H]1N1CCN(C)CC1.CCCC. The van der Waals surface area contributed by atoms with Crippen LogP contribution in [0.15, 0.2) is 57.8 Å². The van der Waals surface area contributed by atoms with Crippen molar-refractivity contribution < 1.29 is 14.1 Å². The molecule has 44 heavy (non-hydrogen) atoms. The summed E-state index contributed by atoms with van der Waals surface area (Å²) < 4.78 is 10.9. The van der Waals surface area contributed by atoms with Gasteiger partial charge in [0, 0.05) is 66.9 Å². The highest BCUT2D eigenvalue weighted by atomic mass is 35.5. The van der Waals surface area contributed by atoms with Gasteiger partial charge in [-0.1, -0.05) is 68.2 Å². The standard InChI is InChI=1S/C29H36ClN7O3.C4H10/c1-6-20-14-23(22-9-8-21(15-24(22)30)27-33-19(4)40-34-27)29(38)37(7-2)28(20)32-18(3)31-25-16-39-17-26(25)36-12-10-35(5)11-13-36;1-3-4-2/h6,8-9,14-15,25-26,31H,3,7,10-13,16-17H2,1-2,4-5H3;3-4H2,1-2H3/b20-6-,32-28+;/t25-,26+;/m1./s1. The number of nitrogens with one attached hydrogen (secondary N) is 1. The predicted molar refractivity (Wildman–Crippen MR) is 176 cm³/mol. The van der Waals surface area contributed by atoms with Crippen molar-refractivity contribution in [2.45, 2.75) is 59.5 Å². The maximum absolute atomic E-state index is 13.7. The zero-order valence-corrected chi connectivity index (χ0v) is 27.7. The number of piperazine rings is 1. The highest BCUT2D eigenvalue weighted by molar-refractivity contribution is 6.37. The van der Waals surface area contributed by atoms with E-state index in [0.717, 1.165) is 31.8 Å². The summed E-state index contributed by atoms with van der Waals surface area (Å²) in [6.07, 6.45) is 6.42. The van der Waals surface area contributed by atoms with Crippen molar-refractivity contribution in [2.75, 3.05) is 53.0 Å². The molecule has 5 rings (SSSR count). The van der Waals surface area contributed by atoms with E-state index in [1.807, 2.05) is 38.1 Å². The van der Waals surface area contributed by atoms with Crippen LogP contribution in [0.4, 0.5) is 0 Å². The van der Waals surface area contributed by atoms with Crippen LogP contribution >= 0.6 is 11.6 Å². The molecule has 3 aliphatic heterocycles. The number of amides is 1. The molecule has 1 amide bonds. The minimum atomic E-state index is -0.177. The number of hydrogen-bond acceptors (Lipinski definition) is 9. The van der Waals surface area contributed by atoms with E-state index in [1.54, 1.807) is 17.9 Å². The van der Waals surface area contributed by atoms with Crippen LogP contribution in [0.25, 0.3) is 17.0 Å². The molecule has 10 nitrogen and oxygen atoms in total. The number of amidine groups is 1. The first-order valence-electron chi connectivity index (χ1n) is 15.6. The largest absolute Gasteiger partial charge is 0.378 e. The Labute approximate surface area is 266 Å². The van der Waals surface area contributed by atoms with Crippen LogP contribution in [-0.4, -0.2) is 102 Å². The maximum atomic E-state index is 13.7. The average molecular weight is 624 g/mol. The highest BCUT2D eigenvalue weighted by Gasteiger charge is 2.35. The first-order valence-corrected chi connectivity index (χ1v) is 15.9. The van der Waals surface area contributed by atoms with Crippen molar-refractivity contribution in [2.24, 2.45) is 4.99 Å². The van der Waals surface area contributed by atoms with Gasteiger partial charge < -0.3 is 19.5 Å². The van der Waals surface area contributed by atoms with Gasteiger partial charge in [0.15, 0.2) is 0 Å². The van der Waals surface area contributed by atoms with Crippen molar-refractivity contribution in [1.29, 1.82) is 0 Å². The van der Waals surface area contributed by atoms with Crippen LogP contribution in [-0.2, 0) is 9.53 Å². The van der Waals surface area contributed by atoms with E-state index < -0.39 is 0 Å². The third-order valence-corrected chi connectivity index (χ3v) is 8.42. The number of hydrogen-bond donors (Lipinski definition) is 1. The lowest BCUT2D eigenvalue weighted by Gasteiger charge is -2.38. The van der Waals surface area contributed by atoms with Crippen molar-refractivity contribution in [3.05, 3.63) is 64.8 Å². The first kappa shape index (κ1) is 33.6. The number of halogens is 1. The summed E-state index contributed by atoms with van der Waals surface area (Å²) in [5, 5.41) is 7.86. The number of allylic oxidation sites excluding steroid dienone is 1. The number of benzene rings is 1. The number of ether oxygens (including phenoxy) is 1. The van der Waals surface area contributed by atoms with Crippen LogP contribution in [0.1, 0.15) is 52.0 Å². The fourth-order valence-corrected chi connectivity index (χ4v) is 5.64. The molecule has 0 unspecified atom stereocenters. The molecule has 2 aromatic rings. The Morgan fingerprint density at radius 3 is 2.50 bits per heavy atom. The molecule has 1 aromatic carbocycles. The quantitative estimate of drug-likeness (QED) is 0.430. The van der Waals surface area contributed by atoms with Gasteiger partial charge >= 0.3 is 0 Å². The second kappa shape index (κ2) is 15.6. The van der Waals surface area contributed by atoms with E-state index >= 15 is 0 Å². The molecule has 3 aliphatic rings. The van der Waals surface area contributed by atoms with Gasteiger partial charge in [-0.15, -0.1) is 0 Å². The Morgan fingerprint density at radius 2 is 1.91 bits per heavy atom. The maximum Gasteiger partial charge on any atom is 0.260 e. The van der Waals surface area contributed by atoms with E-state index in [1.165, 1.54) is 12.8 Å². The molecular weight excluding hydrogens is 578 g/mol. The number of aromatic nitrogens is 2. The second-order valence-electron chi connectivity index (χ2n) is 11.3. The topological polar surface area (TPSA) is 99.3 Å². The molecule has 0 saturated carbocycles. The number of likely N-dealkylation sites (N-methyl/N-ethyl adjacent to an activating group) is 2. The van der Waals surface area contributed by atoms with Gasteiger partial charge in [-0.25, -0.2) is 4.99 Å². The average Bonchev–Trinajstić information content (AvgIpc) is 3.67. The van der Waals surface area contributed by atoms with Crippen LogP contribution in [0.5, 0.6) is 0 Å². The smallest absolute Gasteiger partial charge is 0.260 e. The molecule has 2 saturated heterocycles. The van der Waals surface area contributed by atoms with Gasteiger partial charge in [0.25, 0.3) is 5.91 Å². The Morgan fingerprint density at radius 1 is 1.18 bits per heavy atom. The fourth-order valence-electron chi connectivity index (χ4n) is 5.36. The molecule has 238 valence electrons. The van der Waals surface area contributed by atoms with Crippen molar-refractivity contribution in [3.63, 3.8) is 0 Å². The summed E-state index contributed by atoms with van der Waals surface area (Å²) in [7, 11) is 2.15. The van der Waals surface area contributed by atoms with Crippen LogP contribution in [0, 0.1) is 6.92 Å². The fraction of sp³-hybridized carbons (Fsp3) is 0.515. The summed E-state index contributed by atoms with van der Waals surface area (Å²) in [6.45, 7) is 20.0. The Kier molecular flexibility index (Phi) is 11.9. The number of carbonyl (C=O) groups is 1. The van der Waals surface area contributed by atoms with E-state index in [0.29, 0.717) is 64.9 Å². The van der Waals surface area contributed by atoms with E-state index in [9.17, 15) is 4.79 Å². The molecular formula is C33H46ClN7O3. The minimum Gasteiger partial charge on any atom is -0.378 e. The number of carbonyl (C=O) groups excluding carboxylic acids is 1. The summed E-state index contributed by atoms with van der Waals surface area (Å²) in [4.78, 5) is 29.3. The Balaban J connectivity index is 0.00000104. The van der Waals surface area contributed by atoms with E-state index in [-0.39, 0.29) is 18.0 Å². The van der Waals surface area contributed by atoms with E-state index in [2.05, 4.69) is 52.7 Å². The summed E-state index contributed by atoms with van der Waals surface area (Å²) in [5.41, 5.74) is 2.64. The zero-order chi connectivity index (χ0) is 31.8. The number of rotatable bonds is 8. The molecule has 1 N–H and O–H groups in total. The number of nitrogens with zero attached hydrogens (tertiary/aromatic N) is 6. The molecule has 2 fully saturated rings. The van der Waals surface area contributed by atoms with Gasteiger partial charge in [-0.3, -0.25) is 14.6 Å². The highest BCUT2D eigenvalue weighted by Crippen LogP contribution is 2.33. The summed E-state index contributed by atoms with van der Waals surface area (Å²) in [6, 6.07) is 5.73. The lowest BCUT2D eigenvalue weighted by molar-refractivity contribution is -0.121. The molecule has 4 heterocycles. The third kappa shape index (κ3) is 7.85. The van der Waals surface area contributed by atoms with Crippen molar-refractivity contribution >= 4 is 28.9 Å². The van der Waals surface area contributed by atoms with Crippen molar-refractivity contribution in [1.82, 2.24) is 30.2 Å². The van der Waals surface area contributed by atoms with Crippen LogP contribution in [0.2, 0.25) is 5.02 Å². The van der Waals surface area contributed by atoms with Crippen LogP contribution < -0.4 is 5.32 Å². The van der Waals surface area contributed by atoms with Gasteiger partial charge in [0.05, 0.1) is 25.3 Å². The lowest BCUT2D eigenvalue weighted by Crippen LogP contribution is -2.55. The Hall–Kier alpha value is -3.31. The molecule has 11 heteroatoms. The van der Waals surface area contributed by atoms with E-state index in [4.69, 9.17) is 25.9 Å². The monoisotopic (exact) mass is 623 g/mol. The molecule has 0 bridgehead atoms. The molecule has 1 aromatic heterocycles. The first-order chi connectivity index (χ1) is 21.2. The third-order valence-electron chi connectivity index (χ3n) is 8.11. The minimum absolute atomic E-state index is 0.0788. The Bertz CT molecular complexity index is 1410. The summed E-state index contributed by atoms with van der Waals surface area (Å²) in [5.74, 6) is 1.80. The van der Waals surface area contributed by atoms with Gasteiger partial charge in [0.1, 0.15) is 11.7 Å². The normalized spacial score (nSPS) is 23.1. The van der Waals surface area contributed by atoms with Gasteiger partial charge in [-0.05, 0) is 33.0 Å². The second-order valence-corrected chi connectivity index (χ2v) is 11.7. The van der Waals surface area contributed by atoms with Gasteiger partial charge in [0.2, 0.25) is 11.7 Å². The molecule has 2 atom stereocenters. The molecule has 0 aliphatic carbocycles. The molecule has 0 spiro atoms. The number of aryl methyl sites for hydroxylation is 1. The zero-order valence-electron chi connectivity index (χ0n) is 26.9. The van der Waals surface area contributed by atoms with Crippen LogP contribution in [0.3, 0.4) is 0 Å². The lowest BCUT2D eigenvalue weighted by atomic mass is 9.95. The number of unbranched alkanes of at least 4 members (excludes halogenated alkanes) is 1. The van der Waals surface area contributed by atoms with Gasteiger partial charge in [-0.2, -0.15) is 4.98 Å². The van der Waals surface area contributed by atoms with Crippen molar-refractivity contribution in [3.8, 4) is 11.4 Å². The molecule has 0 radical (unpaired) electrons. The summed E-state index contributed by atoms with van der Waals surface area (Å²) >= 11 is 6.68.